The lowest BCUT2D eigenvalue weighted by Crippen LogP contribution is -2.06. The van der Waals surface area contributed by atoms with Crippen LogP contribution in [0.15, 0.2) is 60.7 Å². The van der Waals surface area contributed by atoms with Gasteiger partial charge < -0.3 is 9.47 Å². The molecule has 0 aliphatic carbocycles. The molecule has 0 N–H and O–H groups in total. The summed E-state index contributed by atoms with van der Waals surface area (Å²) in [6.07, 6.45) is 3.88. The second-order valence-electron chi connectivity index (χ2n) is 5.36. The fourth-order valence-corrected chi connectivity index (χ4v) is 2.68. The SMILES string of the molecule is COC(=O)c1c(/C=C/c2ccc3ccccc3c2)cccc1OC. The molecule has 0 aliphatic rings. The van der Waals surface area contributed by atoms with E-state index >= 15 is 0 Å². The Hall–Kier alpha value is -3.07. The topological polar surface area (TPSA) is 35.5 Å². The van der Waals surface area contributed by atoms with Crippen LogP contribution in [0.3, 0.4) is 0 Å². The standard InChI is InChI=1S/C21H18O3/c1-23-19-9-5-8-17(20(19)21(22)24-2)13-11-15-10-12-16-6-3-4-7-18(16)14-15/h3-14H,1-2H3/b13-11+. The van der Waals surface area contributed by atoms with E-state index in [0.29, 0.717) is 11.3 Å². The van der Waals surface area contributed by atoms with Crippen molar-refractivity contribution in [3.63, 3.8) is 0 Å². The number of ether oxygens (including phenoxy) is 2. The van der Waals surface area contributed by atoms with Crippen molar-refractivity contribution in [3.05, 3.63) is 77.4 Å². The third kappa shape index (κ3) is 3.15. The molecule has 0 fully saturated rings. The molecule has 0 amide bonds. The molecule has 3 aromatic carbocycles. The summed E-state index contributed by atoms with van der Waals surface area (Å²) in [5.41, 5.74) is 2.25. The van der Waals surface area contributed by atoms with Crippen LogP contribution in [0.1, 0.15) is 21.5 Å². The number of methoxy groups -OCH3 is 2. The van der Waals surface area contributed by atoms with Gasteiger partial charge in [-0.05, 0) is 34.0 Å². The zero-order valence-electron chi connectivity index (χ0n) is 13.7. The van der Waals surface area contributed by atoms with Crippen LogP contribution >= 0.6 is 0 Å². The van der Waals surface area contributed by atoms with Crippen LogP contribution in [0.5, 0.6) is 5.75 Å². The average molecular weight is 318 g/mol. The van der Waals surface area contributed by atoms with Gasteiger partial charge in [-0.2, -0.15) is 0 Å². The molecule has 0 unspecified atom stereocenters. The van der Waals surface area contributed by atoms with Crippen LogP contribution < -0.4 is 4.74 Å². The van der Waals surface area contributed by atoms with Crippen LogP contribution in [0, 0.1) is 0 Å². The van der Waals surface area contributed by atoms with E-state index in [1.165, 1.54) is 17.9 Å². The predicted octanol–water partition coefficient (Wildman–Crippen LogP) is 4.81. The second-order valence-corrected chi connectivity index (χ2v) is 5.36. The monoisotopic (exact) mass is 318 g/mol. The number of fused-ring (bicyclic) bond motifs is 1. The highest BCUT2D eigenvalue weighted by Crippen LogP contribution is 2.25. The Bertz CT molecular complexity index is 910. The number of esters is 1. The minimum absolute atomic E-state index is 0.411. The Morgan fingerprint density at radius 2 is 1.67 bits per heavy atom. The Balaban J connectivity index is 2.00. The molecule has 24 heavy (non-hydrogen) atoms. The summed E-state index contributed by atoms with van der Waals surface area (Å²) in [5, 5.41) is 2.38. The largest absolute Gasteiger partial charge is 0.496 e. The third-order valence-corrected chi connectivity index (χ3v) is 3.90. The molecule has 0 aromatic heterocycles. The fourth-order valence-electron chi connectivity index (χ4n) is 2.68. The molecule has 3 nitrogen and oxygen atoms in total. The molecule has 0 spiro atoms. The number of benzene rings is 3. The molecule has 0 saturated carbocycles. The maximum absolute atomic E-state index is 12.1. The summed E-state index contributed by atoms with van der Waals surface area (Å²) in [6.45, 7) is 0. The Morgan fingerprint density at radius 3 is 2.42 bits per heavy atom. The first-order valence-electron chi connectivity index (χ1n) is 7.65. The second kappa shape index (κ2) is 7.01. The van der Waals surface area contributed by atoms with Gasteiger partial charge in [0.05, 0.1) is 14.2 Å². The highest BCUT2D eigenvalue weighted by atomic mass is 16.5. The van der Waals surface area contributed by atoms with Crippen molar-refractivity contribution in [2.45, 2.75) is 0 Å². The molecule has 3 aromatic rings. The first-order chi connectivity index (χ1) is 11.7. The van der Waals surface area contributed by atoms with E-state index in [9.17, 15) is 4.79 Å². The van der Waals surface area contributed by atoms with Gasteiger partial charge in [-0.3, -0.25) is 0 Å². The van der Waals surface area contributed by atoms with Gasteiger partial charge in [-0.1, -0.05) is 60.7 Å². The van der Waals surface area contributed by atoms with E-state index in [4.69, 9.17) is 9.47 Å². The number of hydrogen-bond donors (Lipinski definition) is 0. The third-order valence-electron chi connectivity index (χ3n) is 3.90. The number of carbonyl (C=O) groups excluding carboxylic acids is 1. The molecule has 0 radical (unpaired) electrons. The smallest absolute Gasteiger partial charge is 0.342 e. The van der Waals surface area contributed by atoms with E-state index in [1.54, 1.807) is 13.2 Å². The van der Waals surface area contributed by atoms with E-state index in [2.05, 4.69) is 30.3 Å². The number of rotatable bonds is 4. The van der Waals surface area contributed by atoms with Crippen LogP contribution in [0.25, 0.3) is 22.9 Å². The van der Waals surface area contributed by atoms with Crippen molar-refractivity contribution in [1.82, 2.24) is 0 Å². The molecule has 3 rings (SSSR count). The van der Waals surface area contributed by atoms with E-state index in [-0.39, 0.29) is 0 Å². The summed E-state index contributed by atoms with van der Waals surface area (Å²) < 4.78 is 10.2. The highest BCUT2D eigenvalue weighted by Gasteiger charge is 2.16. The summed E-state index contributed by atoms with van der Waals surface area (Å²) in [4.78, 5) is 12.1. The van der Waals surface area contributed by atoms with Crippen LogP contribution in [-0.4, -0.2) is 20.2 Å². The van der Waals surface area contributed by atoms with Gasteiger partial charge in [-0.25, -0.2) is 4.79 Å². The van der Waals surface area contributed by atoms with Crippen LogP contribution in [0.2, 0.25) is 0 Å². The first kappa shape index (κ1) is 15.8. The van der Waals surface area contributed by atoms with E-state index in [1.807, 2.05) is 36.4 Å². The lowest BCUT2D eigenvalue weighted by molar-refractivity contribution is 0.0597. The lowest BCUT2D eigenvalue weighted by atomic mass is 10.0. The van der Waals surface area contributed by atoms with Gasteiger partial charge in [0.2, 0.25) is 0 Å². The fraction of sp³-hybridized carbons (Fsp3) is 0.0952. The summed E-state index contributed by atoms with van der Waals surface area (Å²) in [5.74, 6) is 0.0909. The summed E-state index contributed by atoms with van der Waals surface area (Å²) >= 11 is 0. The average Bonchev–Trinajstić information content (AvgIpc) is 2.65. The number of carbonyl (C=O) groups is 1. The molecule has 0 aliphatic heterocycles. The molecule has 0 bridgehead atoms. The lowest BCUT2D eigenvalue weighted by Gasteiger charge is -2.09. The van der Waals surface area contributed by atoms with Crippen molar-refractivity contribution in [1.29, 1.82) is 0 Å². The van der Waals surface area contributed by atoms with E-state index in [0.717, 1.165) is 11.1 Å². The molecule has 3 heteroatoms. The first-order valence-corrected chi connectivity index (χ1v) is 7.65. The normalized spacial score (nSPS) is 10.9. The van der Waals surface area contributed by atoms with Crippen molar-refractivity contribution in [2.75, 3.05) is 14.2 Å². The zero-order chi connectivity index (χ0) is 16.9. The Labute approximate surface area is 141 Å². The van der Waals surface area contributed by atoms with Gasteiger partial charge in [0.15, 0.2) is 0 Å². The minimum atomic E-state index is -0.411. The Kier molecular flexibility index (Phi) is 4.62. The van der Waals surface area contributed by atoms with Crippen molar-refractivity contribution in [2.24, 2.45) is 0 Å². The summed E-state index contributed by atoms with van der Waals surface area (Å²) in [7, 11) is 2.91. The quantitative estimate of drug-likeness (QED) is 0.512. The van der Waals surface area contributed by atoms with Gasteiger partial charge in [-0.15, -0.1) is 0 Å². The van der Waals surface area contributed by atoms with Crippen molar-refractivity contribution in [3.8, 4) is 5.75 Å². The maximum Gasteiger partial charge on any atom is 0.342 e. The molecule has 120 valence electrons. The zero-order valence-corrected chi connectivity index (χ0v) is 13.7. The minimum Gasteiger partial charge on any atom is -0.496 e. The molecular weight excluding hydrogens is 300 g/mol. The van der Waals surface area contributed by atoms with Crippen LogP contribution in [-0.2, 0) is 4.74 Å². The maximum atomic E-state index is 12.1. The molecule has 0 atom stereocenters. The van der Waals surface area contributed by atoms with Gasteiger partial charge >= 0.3 is 5.97 Å². The van der Waals surface area contributed by atoms with Gasteiger partial charge in [0.25, 0.3) is 0 Å². The number of hydrogen-bond acceptors (Lipinski definition) is 3. The van der Waals surface area contributed by atoms with E-state index < -0.39 is 5.97 Å². The summed E-state index contributed by atoms with van der Waals surface area (Å²) in [6, 6.07) is 19.9. The molecule has 0 saturated heterocycles. The van der Waals surface area contributed by atoms with Gasteiger partial charge in [0, 0.05) is 0 Å². The van der Waals surface area contributed by atoms with Gasteiger partial charge in [0.1, 0.15) is 11.3 Å². The van der Waals surface area contributed by atoms with Crippen molar-refractivity contribution < 1.29 is 14.3 Å². The Morgan fingerprint density at radius 1 is 0.875 bits per heavy atom. The van der Waals surface area contributed by atoms with Crippen LogP contribution in [0.4, 0.5) is 0 Å². The highest BCUT2D eigenvalue weighted by molar-refractivity contribution is 5.98. The van der Waals surface area contributed by atoms with Crippen molar-refractivity contribution >= 4 is 28.9 Å². The molecular formula is C21H18O3. The predicted molar refractivity (Wildman–Crippen MR) is 97.2 cm³/mol. The molecule has 0 heterocycles.